The normalized spacial score (nSPS) is 17.9. The molecule has 2 aromatic rings. The van der Waals surface area contributed by atoms with E-state index < -0.39 is 15.9 Å². The summed E-state index contributed by atoms with van der Waals surface area (Å²) in [5.41, 5.74) is 0.510. The number of para-hydroxylation sites is 1. The fraction of sp³-hybridized carbons (Fsp3) is 0.316. The summed E-state index contributed by atoms with van der Waals surface area (Å²) in [6, 6.07) is 11.3. The molecule has 0 aliphatic carbocycles. The van der Waals surface area contributed by atoms with Crippen molar-refractivity contribution in [3.63, 3.8) is 0 Å². The van der Waals surface area contributed by atoms with E-state index >= 15 is 0 Å². The van der Waals surface area contributed by atoms with E-state index in [0.717, 1.165) is 0 Å². The Morgan fingerprint density at radius 1 is 1.18 bits per heavy atom. The lowest BCUT2D eigenvalue weighted by atomic mass is 9.99. The molecule has 1 saturated heterocycles. The minimum Gasteiger partial charge on any atom is -0.495 e. The van der Waals surface area contributed by atoms with Crippen molar-refractivity contribution in [3.05, 3.63) is 52.5 Å². The molecule has 1 atom stereocenters. The third-order valence-electron chi connectivity index (χ3n) is 4.65. The van der Waals surface area contributed by atoms with Crippen molar-refractivity contribution in [2.45, 2.75) is 17.7 Å². The monoisotopic (exact) mass is 442 g/mol. The molecule has 1 aliphatic heterocycles. The van der Waals surface area contributed by atoms with Gasteiger partial charge in [0, 0.05) is 13.1 Å². The van der Waals surface area contributed by atoms with Crippen LogP contribution in [0.3, 0.4) is 0 Å². The van der Waals surface area contributed by atoms with E-state index in [2.05, 4.69) is 5.32 Å². The first kappa shape index (κ1) is 20.9. The van der Waals surface area contributed by atoms with Crippen LogP contribution in [0.25, 0.3) is 0 Å². The van der Waals surface area contributed by atoms with Crippen LogP contribution in [-0.2, 0) is 14.8 Å². The molecule has 3 rings (SSSR count). The molecule has 0 saturated carbocycles. The number of nitrogens with zero attached hydrogens (tertiary/aromatic N) is 1. The van der Waals surface area contributed by atoms with Crippen LogP contribution in [0.5, 0.6) is 5.75 Å². The number of carbonyl (C=O) groups excluding carboxylic acids is 1. The van der Waals surface area contributed by atoms with Gasteiger partial charge in [-0.3, -0.25) is 4.79 Å². The molecule has 1 unspecified atom stereocenters. The topological polar surface area (TPSA) is 75.7 Å². The van der Waals surface area contributed by atoms with Crippen molar-refractivity contribution in [1.29, 1.82) is 0 Å². The maximum Gasteiger partial charge on any atom is 0.243 e. The van der Waals surface area contributed by atoms with Gasteiger partial charge in [0.1, 0.15) is 5.75 Å². The molecule has 150 valence electrons. The summed E-state index contributed by atoms with van der Waals surface area (Å²) in [4.78, 5) is 12.7. The summed E-state index contributed by atoms with van der Waals surface area (Å²) in [6.45, 7) is 0.449. The molecule has 28 heavy (non-hydrogen) atoms. The summed E-state index contributed by atoms with van der Waals surface area (Å²) < 4.78 is 32.4. The van der Waals surface area contributed by atoms with Gasteiger partial charge in [-0.05, 0) is 43.2 Å². The van der Waals surface area contributed by atoms with E-state index in [0.29, 0.717) is 35.8 Å². The second-order valence-corrected chi connectivity index (χ2v) is 9.22. The van der Waals surface area contributed by atoms with Crippen molar-refractivity contribution in [1.82, 2.24) is 4.31 Å². The predicted octanol–water partition coefficient (Wildman–Crippen LogP) is 4.04. The first-order chi connectivity index (χ1) is 13.3. The summed E-state index contributed by atoms with van der Waals surface area (Å²) in [7, 11) is -2.31. The number of benzene rings is 2. The van der Waals surface area contributed by atoms with E-state index in [1.54, 1.807) is 24.3 Å². The van der Waals surface area contributed by atoms with Crippen molar-refractivity contribution in [2.24, 2.45) is 5.92 Å². The van der Waals surface area contributed by atoms with Gasteiger partial charge in [0.05, 0.1) is 33.7 Å². The van der Waals surface area contributed by atoms with Crippen LogP contribution in [0.2, 0.25) is 10.0 Å². The number of hydrogen-bond acceptors (Lipinski definition) is 4. The lowest BCUT2D eigenvalue weighted by Gasteiger charge is -2.31. The lowest BCUT2D eigenvalue weighted by Crippen LogP contribution is -2.43. The van der Waals surface area contributed by atoms with Crippen LogP contribution in [0.1, 0.15) is 12.8 Å². The summed E-state index contributed by atoms with van der Waals surface area (Å²) in [6.07, 6.45) is 1.19. The number of carbonyl (C=O) groups is 1. The van der Waals surface area contributed by atoms with Crippen LogP contribution < -0.4 is 10.1 Å². The highest BCUT2D eigenvalue weighted by molar-refractivity contribution is 7.89. The molecule has 0 spiro atoms. The Labute approximate surface area is 174 Å². The van der Waals surface area contributed by atoms with E-state index in [1.807, 2.05) is 0 Å². The number of rotatable bonds is 5. The highest BCUT2D eigenvalue weighted by atomic mass is 35.5. The zero-order valence-electron chi connectivity index (χ0n) is 15.2. The average Bonchev–Trinajstić information content (AvgIpc) is 2.69. The van der Waals surface area contributed by atoms with Gasteiger partial charge in [0.15, 0.2) is 0 Å². The largest absolute Gasteiger partial charge is 0.495 e. The summed E-state index contributed by atoms with van der Waals surface area (Å²) in [5, 5.41) is 3.44. The zero-order valence-corrected chi connectivity index (χ0v) is 17.5. The standard InChI is InChI=1S/C19H20Cl2N2O4S/c1-27-18-9-8-14(11-16(18)21)28(25,26)23-10-4-5-13(12-23)19(24)22-17-7-3-2-6-15(17)20/h2-3,6-9,11,13H,4-5,10,12H2,1H3,(H,22,24). The quantitative estimate of drug-likeness (QED) is 0.757. The SMILES string of the molecule is COc1ccc(S(=O)(=O)N2CCCC(C(=O)Nc3ccccc3Cl)C2)cc1Cl. The third-order valence-corrected chi connectivity index (χ3v) is 7.13. The highest BCUT2D eigenvalue weighted by Crippen LogP contribution is 2.30. The Morgan fingerprint density at radius 3 is 2.61 bits per heavy atom. The molecule has 1 heterocycles. The van der Waals surface area contributed by atoms with Gasteiger partial charge < -0.3 is 10.1 Å². The molecule has 6 nitrogen and oxygen atoms in total. The van der Waals surface area contributed by atoms with E-state index in [-0.39, 0.29) is 22.4 Å². The average molecular weight is 443 g/mol. The van der Waals surface area contributed by atoms with Gasteiger partial charge in [-0.25, -0.2) is 8.42 Å². The van der Waals surface area contributed by atoms with Crippen molar-refractivity contribution in [2.75, 3.05) is 25.5 Å². The van der Waals surface area contributed by atoms with Crippen molar-refractivity contribution >= 4 is 44.8 Å². The number of piperidine rings is 1. The minimum atomic E-state index is -3.77. The predicted molar refractivity (Wildman–Crippen MR) is 110 cm³/mol. The molecule has 1 fully saturated rings. The second kappa shape index (κ2) is 8.69. The maximum atomic E-state index is 13.0. The number of methoxy groups -OCH3 is 1. The van der Waals surface area contributed by atoms with Crippen LogP contribution in [0.4, 0.5) is 5.69 Å². The van der Waals surface area contributed by atoms with Gasteiger partial charge in [0.25, 0.3) is 0 Å². The van der Waals surface area contributed by atoms with E-state index in [9.17, 15) is 13.2 Å². The number of anilines is 1. The molecule has 1 aliphatic rings. The summed E-state index contributed by atoms with van der Waals surface area (Å²) in [5.74, 6) is -0.314. The fourth-order valence-corrected chi connectivity index (χ4v) is 5.18. The molecule has 1 amide bonds. The van der Waals surface area contributed by atoms with Gasteiger partial charge in [-0.15, -0.1) is 0 Å². The first-order valence-electron chi connectivity index (χ1n) is 8.72. The van der Waals surface area contributed by atoms with Gasteiger partial charge in [-0.1, -0.05) is 35.3 Å². The number of halogens is 2. The van der Waals surface area contributed by atoms with Gasteiger partial charge in [0.2, 0.25) is 15.9 Å². The Hall–Kier alpha value is -1.80. The summed E-state index contributed by atoms with van der Waals surface area (Å²) >= 11 is 12.2. The molecule has 0 radical (unpaired) electrons. The van der Waals surface area contributed by atoms with Gasteiger partial charge in [-0.2, -0.15) is 4.31 Å². The number of amides is 1. The fourth-order valence-electron chi connectivity index (χ4n) is 3.13. The first-order valence-corrected chi connectivity index (χ1v) is 10.9. The van der Waals surface area contributed by atoms with Crippen LogP contribution in [0.15, 0.2) is 47.4 Å². The lowest BCUT2D eigenvalue weighted by molar-refractivity contribution is -0.120. The van der Waals surface area contributed by atoms with E-state index in [4.69, 9.17) is 27.9 Å². The zero-order chi connectivity index (χ0) is 20.3. The van der Waals surface area contributed by atoms with Crippen LogP contribution in [-0.4, -0.2) is 38.8 Å². The van der Waals surface area contributed by atoms with Crippen LogP contribution in [0, 0.1) is 5.92 Å². The molecule has 0 aromatic heterocycles. The Kier molecular flexibility index (Phi) is 6.50. The number of sulfonamides is 1. The highest BCUT2D eigenvalue weighted by Gasteiger charge is 2.33. The Bertz CT molecular complexity index is 982. The smallest absolute Gasteiger partial charge is 0.243 e. The minimum absolute atomic E-state index is 0.0745. The van der Waals surface area contributed by atoms with Crippen molar-refractivity contribution in [3.8, 4) is 5.75 Å². The third kappa shape index (κ3) is 4.43. The molecule has 1 N–H and O–H groups in total. The van der Waals surface area contributed by atoms with Gasteiger partial charge >= 0.3 is 0 Å². The molecular weight excluding hydrogens is 423 g/mol. The molecular formula is C19H20Cl2N2O4S. The maximum absolute atomic E-state index is 13.0. The van der Waals surface area contributed by atoms with Crippen molar-refractivity contribution < 1.29 is 17.9 Å². The molecule has 0 bridgehead atoms. The Morgan fingerprint density at radius 2 is 1.93 bits per heavy atom. The number of ether oxygens (including phenoxy) is 1. The second-order valence-electron chi connectivity index (χ2n) is 6.47. The Balaban J connectivity index is 1.76. The molecule has 9 heteroatoms. The number of nitrogens with one attached hydrogen (secondary N) is 1. The molecule has 2 aromatic carbocycles. The van der Waals surface area contributed by atoms with E-state index in [1.165, 1.54) is 29.6 Å². The number of hydrogen-bond donors (Lipinski definition) is 1. The van der Waals surface area contributed by atoms with Crippen LogP contribution >= 0.6 is 23.2 Å².